The predicted molar refractivity (Wildman–Crippen MR) is 147 cm³/mol. The molecule has 3 aromatic carbocycles. The van der Waals surface area contributed by atoms with Gasteiger partial charge in [0.2, 0.25) is 0 Å². The molecule has 7 nitrogen and oxygen atoms in total. The van der Waals surface area contributed by atoms with Crippen LogP contribution in [0.4, 0.5) is 0 Å². The second kappa shape index (κ2) is 12.4. The Hall–Kier alpha value is -4.10. The molecular formula is C31H34N2O5. The van der Waals surface area contributed by atoms with E-state index in [0.29, 0.717) is 36.8 Å². The van der Waals surface area contributed by atoms with Crippen LogP contribution in [0.5, 0.6) is 11.5 Å². The minimum Gasteiger partial charge on any atom is -0.507 e. The Kier molecular flexibility index (Phi) is 8.81. The first-order valence-corrected chi connectivity index (χ1v) is 12.9. The molecule has 1 unspecified atom stereocenters. The molecule has 1 aliphatic rings. The van der Waals surface area contributed by atoms with Gasteiger partial charge in [0.1, 0.15) is 23.9 Å². The Morgan fingerprint density at radius 2 is 1.63 bits per heavy atom. The zero-order chi connectivity index (χ0) is 27.1. The summed E-state index contributed by atoms with van der Waals surface area (Å²) in [5.41, 5.74) is 2.26. The van der Waals surface area contributed by atoms with Crippen molar-refractivity contribution in [3.8, 4) is 11.5 Å². The van der Waals surface area contributed by atoms with Crippen molar-refractivity contribution in [1.29, 1.82) is 0 Å². The third-order valence-corrected chi connectivity index (χ3v) is 6.88. The van der Waals surface area contributed by atoms with Gasteiger partial charge in [0.15, 0.2) is 0 Å². The standard InChI is InChI=1S/C31H34N2O5/c1-4-32(5-2)18-19-33-28(23-14-16-25(17-15-23)38-21-22-10-7-6-8-11-22)27(30(35)31(33)36)29(34)24-12-9-13-26(20-24)37-3/h6-17,20,28,34H,4-5,18-19,21H2,1-3H3/b29-27+. The number of benzene rings is 3. The summed E-state index contributed by atoms with van der Waals surface area (Å²) in [7, 11) is 1.53. The summed E-state index contributed by atoms with van der Waals surface area (Å²) in [5.74, 6) is -0.316. The van der Waals surface area contributed by atoms with Gasteiger partial charge in [0.25, 0.3) is 11.7 Å². The van der Waals surface area contributed by atoms with Gasteiger partial charge in [0.05, 0.1) is 18.7 Å². The van der Waals surface area contributed by atoms with Gasteiger partial charge in [-0.3, -0.25) is 9.59 Å². The highest BCUT2D eigenvalue weighted by Gasteiger charge is 2.46. The fraction of sp³-hybridized carbons (Fsp3) is 0.290. The summed E-state index contributed by atoms with van der Waals surface area (Å²) in [4.78, 5) is 30.3. The maximum Gasteiger partial charge on any atom is 0.295 e. The molecule has 7 heteroatoms. The van der Waals surface area contributed by atoms with Crippen LogP contribution in [0.1, 0.15) is 36.6 Å². The Morgan fingerprint density at radius 1 is 0.921 bits per heavy atom. The maximum atomic E-state index is 13.3. The topological polar surface area (TPSA) is 79.3 Å². The Bertz CT molecular complexity index is 1280. The number of rotatable bonds is 11. The zero-order valence-corrected chi connectivity index (χ0v) is 22.1. The van der Waals surface area contributed by atoms with Crippen LogP contribution in [0.15, 0.2) is 84.4 Å². The lowest BCUT2D eigenvalue weighted by Gasteiger charge is -2.28. The highest BCUT2D eigenvalue weighted by Crippen LogP contribution is 2.40. The largest absolute Gasteiger partial charge is 0.507 e. The van der Waals surface area contributed by atoms with Crippen LogP contribution in [0.25, 0.3) is 5.76 Å². The molecule has 1 saturated heterocycles. The van der Waals surface area contributed by atoms with E-state index in [4.69, 9.17) is 9.47 Å². The molecule has 0 saturated carbocycles. The van der Waals surface area contributed by atoms with E-state index in [0.717, 1.165) is 24.2 Å². The van der Waals surface area contributed by atoms with Gasteiger partial charge in [-0.15, -0.1) is 0 Å². The first-order chi connectivity index (χ1) is 18.5. The van der Waals surface area contributed by atoms with Gasteiger partial charge in [-0.1, -0.05) is 68.4 Å². The smallest absolute Gasteiger partial charge is 0.295 e. The van der Waals surface area contributed by atoms with Crippen molar-refractivity contribution in [2.75, 3.05) is 33.3 Å². The minimum atomic E-state index is -0.722. The van der Waals surface area contributed by atoms with E-state index in [-0.39, 0.29) is 11.3 Å². The zero-order valence-electron chi connectivity index (χ0n) is 22.1. The summed E-state index contributed by atoms with van der Waals surface area (Å²) in [6.07, 6.45) is 0. The molecule has 1 aliphatic heterocycles. The van der Waals surface area contributed by atoms with Crippen molar-refractivity contribution >= 4 is 17.4 Å². The number of amides is 1. The fourth-order valence-corrected chi connectivity index (χ4v) is 4.66. The number of ketones is 1. The third-order valence-electron chi connectivity index (χ3n) is 6.88. The molecule has 1 amide bonds. The van der Waals surface area contributed by atoms with Gasteiger partial charge in [-0.25, -0.2) is 0 Å². The molecule has 1 N–H and O–H groups in total. The van der Waals surface area contributed by atoms with Gasteiger partial charge in [-0.2, -0.15) is 0 Å². The normalized spacial score (nSPS) is 16.7. The summed E-state index contributed by atoms with van der Waals surface area (Å²) in [5, 5.41) is 11.3. The number of Topliss-reactive ketones (excluding diaryl/α,β-unsaturated/α-hetero) is 1. The number of hydrogen-bond donors (Lipinski definition) is 1. The first-order valence-electron chi connectivity index (χ1n) is 12.9. The summed E-state index contributed by atoms with van der Waals surface area (Å²) < 4.78 is 11.2. The van der Waals surface area contributed by atoms with Gasteiger partial charge in [0, 0.05) is 18.7 Å². The van der Waals surface area contributed by atoms with Crippen LogP contribution >= 0.6 is 0 Å². The molecule has 0 aliphatic carbocycles. The molecule has 0 radical (unpaired) electrons. The molecule has 4 rings (SSSR count). The molecule has 0 bridgehead atoms. The molecule has 0 aromatic heterocycles. The van der Waals surface area contributed by atoms with E-state index < -0.39 is 17.7 Å². The van der Waals surface area contributed by atoms with Crippen LogP contribution in [0, 0.1) is 0 Å². The fourth-order valence-electron chi connectivity index (χ4n) is 4.66. The SMILES string of the molecule is CCN(CC)CCN1C(=O)C(=O)/C(=C(/O)c2cccc(OC)c2)C1c1ccc(OCc2ccccc2)cc1. The van der Waals surface area contributed by atoms with E-state index in [1.54, 1.807) is 29.2 Å². The average molecular weight is 515 g/mol. The van der Waals surface area contributed by atoms with Gasteiger partial charge >= 0.3 is 0 Å². The number of aliphatic hydroxyl groups excluding tert-OH is 1. The summed E-state index contributed by atoms with van der Waals surface area (Å²) in [6.45, 7) is 7.20. The van der Waals surface area contributed by atoms with Crippen LogP contribution in [0.3, 0.4) is 0 Å². The van der Waals surface area contributed by atoms with Crippen molar-refractivity contribution in [3.63, 3.8) is 0 Å². The first kappa shape index (κ1) is 26.9. The lowest BCUT2D eigenvalue weighted by atomic mass is 9.95. The van der Waals surface area contributed by atoms with Crippen molar-refractivity contribution in [2.24, 2.45) is 0 Å². The predicted octanol–water partition coefficient (Wildman–Crippen LogP) is 5.04. The number of carbonyl (C=O) groups is 2. The second-order valence-electron chi connectivity index (χ2n) is 9.09. The molecule has 1 atom stereocenters. The van der Waals surface area contributed by atoms with E-state index in [1.165, 1.54) is 7.11 Å². The van der Waals surface area contributed by atoms with E-state index >= 15 is 0 Å². The number of likely N-dealkylation sites (N-methyl/N-ethyl adjacent to an activating group) is 1. The number of methoxy groups -OCH3 is 1. The molecule has 0 spiro atoms. The number of carbonyl (C=O) groups excluding carboxylic acids is 2. The van der Waals surface area contributed by atoms with Crippen LogP contribution in [-0.4, -0.2) is 59.9 Å². The highest BCUT2D eigenvalue weighted by atomic mass is 16.5. The number of aliphatic hydroxyl groups is 1. The molecular weight excluding hydrogens is 480 g/mol. The monoisotopic (exact) mass is 514 g/mol. The molecule has 1 heterocycles. The number of nitrogens with zero attached hydrogens (tertiary/aromatic N) is 2. The van der Waals surface area contributed by atoms with Crippen molar-refractivity contribution < 1.29 is 24.2 Å². The van der Waals surface area contributed by atoms with Crippen molar-refractivity contribution in [3.05, 3.63) is 101 Å². The van der Waals surface area contributed by atoms with Gasteiger partial charge in [-0.05, 0) is 48.5 Å². The quantitative estimate of drug-likeness (QED) is 0.220. The lowest BCUT2D eigenvalue weighted by Crippen LogP contribution is -2.38. The van der Waals surface area contributed by atoms with E-state index in [9.17, 15) is 14.7 Å². The Labute approximate surface area is 223 Å². The maximum absolute atomic E-state index is 13.3. The number of ether oxygens (including phenoxy) is 2. The van der Waals surface area contributed by atoms with Crippen molar-refractivity contribution in [1.82, 2.24) is 9.80 Å². The average Bonchev–Trinajstić information content (AvgIpc) is 3.22. The third kappa shape index (κ3) is 5.89. The number of likely N-dealkylation sites (tertiary alicyclic amines) is 1. The van der Waals surface area contributed by atoms with Crippen LogP contribution in [-0.2, 0) is 16.2 Å². The Balaban J connectivity index is 1.69. The number of hydrogen-bond acceptors (Lipinski definition) is 6. The summed E-state index contributed by atoms with van der Waals surface area (Å²) in [6, 6.07) is 23.3. The van der Waals surface area contributed by atoms with E-state index in [1.807, 2.05) is 54.6 Å². The molecule has 198 valence electrons. The molecule has 3 aromatic rings. The summed E-state index contributed by atoms with van der Waals surface area (Å²) >= 11 is 0. The molecule has 38 heavy (non-hydrogen) atoms. The van der Waals surface area contributed by atoms with E-state index in [2.05, 4.69) is 18.7 Å². The minimum absolute atomic E-state index is 0.0701. The Morgan fingerprint density at radius 3 is 2.29 bits per heavy atom. The molecule has 1 fully saturated rings. The lowest BCUT2D eigenvalue weighted by molar-refractivity contribution is -0.140. The second-order valence-corrected chi connectivity index (χ2v) is 9.09. The van der Waals surface area contributed by atoms with Crippen LogP contribution in [0.2, 0.25) is 0 Å². The van der Waals surface area contributed by atoms with Crippen LogP contribution < -0.4 is 9.47 Å². The highest BCUT2D eigenvalue weighted by molar-refractivity contribution is 6.46. The van der Waals surface area contributed by atoms with Crippen molar-refractivity contribution in [2.45, 2.75) is 26.5 Å². The van der Waals surface area contributed by atoms with Gasteiger partial charge < -0.3 is 24.4 Å².